The van der Waals surface area contributed by atoms with Crippen molar-refractivity contribution >= 4 is 11.9 Å². The van der Waals surface area contributed by atoms with Crippen LogP contribution in [0, 0.1) is 5.92 Å². The van der Waals surface area contributed by atoms with Crippen LogP contribution in [0.2, 0.25) is 0 Å². The molecule has 0 aliphatic carbocycles. The third-order valence-corrected chi connectivity index (χ3v) is 3.92. The molecule has 1 N–H and O–H groups in total. The van der Waals surface area contributed by atoms with Crippen molar-refractivity contribution in [3.05, 3.63) is 35.9 Å². The number of furan rings is 1. The average Bonchev–Trinajstić information content (AvgIpc) is 3.06. The van der Waals surface area contributed by atoms with Crippen LogP contribution in [-0.4, -0.2) is 47.9 Å². The van der Waals surface area contributed by atoms with Crippen molar-refractivity contribution in [2.24, 2.45) is 5.92 Å². The number of rotatable bonds is 3. The number of piperazine rings is 1. The van der Waals surface area contributed by atoms with Gasteiger partial charge < -0.3 is 19.5 Å². The first-order valence-electron chi connectivity index (χ1n) is 7.54. The first-order chi connectivity index (χ1) is 10.5. The Hall–Kier alpha value is -2.24. The first kappa shape index (κ1) is 16.1. The number of hydrogen-bond donors (Lipinski definition) is 1. The smallest absolute Gasteiger partial charge is 0.321 e. The molecule has 0 radical (unpaired) electrons. The summed E-state index contributed by atoms with van der Waals surface area (Å²) in [5, 5.41) is 2.81. The minimum absolute atomic E-state index is 0.120. The molecule has 0 spiro atoms. The van der Waals surface area contributed by atoms with E-state index in [0.29, 0.717) is 37.9 Å². The van der Waals surface area contributed by atoms with Crippen LogP contribution in [0.3, 0.4) is 0 Å². The number of hydrogen-bond acceptors (Lipinski definition) is 3. The van der Waals surface area contributed by atoms with Crippen LogP contribution in [0.25, 0.3) is 0 Å². The van der Waals surface area contributed by atoms with Crippen LogP contribution >= 0.6 is 0 Å². The molecule has 2 heterocycles. The van der Waals surface area contributed by atoms with Gasteiger partial charge in [0.2, 0.25) is 0 Å². The molecular weight excluding hydrogens is 282 g/mol. The summed E-state index contributed by atoms with van der Waals surface area (Å²) >= 11 is 0. The van der Waals surface area contributed by atoms with Crippen LogP contribution in [0.5, 0.6) is 0 Å². The summed E-state index contributed by atoms with van der Waals surface area (Å²) in [6.07, 6.45) is 3.24. The van der Waals surface area contributed by atoms with Crippen LogP contribution in [0.1, 0.15) is 31.3 Å². The molecule has 0 saturated carbocycles. The summed E-state index contributed by atoms with van der Waals surface area (Å²) in [6, 6.07) is 3.23. The van der Waals surface area contributed by atoms with Crippen LogP contribution in [-0.2, 0) is 0 Å². The molecule has 1 aromatic heterocycles. The van der Waals surface area contributed by atoms with Gasteiger partial charge in [-0.25, -0.2) is 4.79 Å². The predicted molar refractivity (Wildman–Crippen MR) is 83.3 cm³/mol. The Balaban J connectivity index is 1.83. The zero-order chi connectivity index (χ0) is 16.1. The van der Waals surface area contributed by atoms with E-state index in [4.69, 9.17) is 4.42 Å². The summed E-state index contributed by atoms with van der Waals surface area (Å²) < 4.78 is 5.12. The predicted octanol–water partition coefficient (Wildman–Crippen LogP) is 2.31. The van der Waals surface area contributed by atoms with Gasteiger partial charge in [-0.2, -0.15) is 0 Å². The van der Waals surface area contributed by atoms with E-state index < -0.39 is 0 Å². The Kier molecular flexibility index (Phi) is 5.25. The topological polar surface area (TPSA) is 65.8 Å². The Morgan fingerprint density at radius 1 is 1.23 bits per heavy atom. The highest BCUT2D eigenvalue weighted by molar-refractivity contribution is 5.91. The lowest BCUT2D eigenvalue weighted by Crippen LogP contribution is -2.52. The lowest BCUT2D eigenvalue weighted by Gasteiger charge is -2.34. The Morgan fingerprint density at radius 2 is 1.86 bits per heavy atom. The molecule has 6 heteroatoms. The standard InChI is InChI=1S/C16H23N3O3/c1-12(2)13(3)11-17-16(21)19-8-6-18(7-9-19)15(20)14-5-4-10-22-14/h4-5,10-12H,6-9H2,1-3H3,(H,17,21)/b13-11+. The highest BCUT2D eigenvalue weighted by atomic mass is 16.3. The Bertz CT molecular complexity index is 541. The van der Waals surface area contributed by atoms with Gasteiger partial charge in [0.1, 0.15) is 0 Å². The molecule has 6 nitrogen and oxygen atoms in total. The Morgan fingerprint density at radius 3 is 2.41 bits per heavy atom. The summed E-state index contributed by atoms with van der Waals surface area (Å²) in [5.41, 5.74) is 1.12. The third kappa shape index (κ3) is 3.90. The molecule has 0 unspecified atom stereocenters. The molecule has 2 rings (SSSR count). The summed E-state index contributed by atoms with van der Waals surface area (Å²) in [5.74, 6) is 0.622. The molecule has 1 fully saturated rings. The van der Waals surface area contributed by atoms with Crippen LogP contribution in [0.4, 0.5) is 4.79 Å². The maximum atomic E-state index is 12.1. The van der Waals surface area contributed by atoms with Gasteiger partial charge >= 0.3 is 6.03 Å². The number of urea groups is 1. The van der Waals surface area contributed by atoms with E-state index in [-0.39, 0.29) is 11.9 Å². The minimum Gasteiger partial charge on any atom is -0.459 e. The van der Waals surface area contributed by atoms with Crippen LogP contribution in [0.15, 0.2) is 34.6 Å². The van der Waals surface area contributed by atoms with Crippen LogP contribution < -0.4 is 5.32 Å². The molecule has 3 amide bonds. The lowest BCUT2D eigenvalue weighted by molar-refractivity contribution is 0.0635. The lowest BCUT2D eigenvalue weighted by atomic mass is 10.1. The van der Waals surface area contributed by atoms with E-state index in [0.717, 1.165) is 5.57 Å². The van der Waals surface area contributed by atoms with Gasteiger partial charge in [0.25, 0.3) is 5.91 Å². The molecule has 1 aliphatic rings. The number of amides is 3. The largest absolute Gasteiger partial charge is 0.459 e. The van der Waals surface area contributed by atoms with E-state index in [1.54, 1.807) is 28.1 Å². The second-order valence-electron chi connectivity index (χ2n) is 5.75. The zero-order valence-electron chi connectivity index (χ0n) is 13.3. The highest BCUT2D eigenvalue weighted by Crippen LogP contribution is 2.10. The fourth-order valence-corrected chi connectivity index (χ4v) is 2.10. The molecule has 0 atom stereocenters. The van der Waals surface area contributed by atoms with Crippen molar-refractivity contribution in [1.29, 1.82) is 0 Å². The Labute approximate surface area is 130 Å². The van der Waals surface area contributed by atoms with E-state index in [1.165, 1.54) is 6.26 Å². The van der Waals surface area contributed by atoms with Gasteiger partial charge in [-0.05, 0) is 25.0 Å². The monoisotopic (exact) mass is 305 g/mol. The van der Waals surface area contributed by atoms with Gasteiger partial charge in [0.05, 0.1) is 6.26 Å². The molecule has 1 aromatic rings. The number of nitrogens with one attached hydrogen (secondary N) is 1. The van der Waals surface area contributed by atoms with Crippen molar-refractivity contribution in [2.75, 3.05) is 26.2 Å². The van der Waals surface area contributed by atoms with Crippen molar-refractivity contribution in [3.8, 4) is 0 Å². The fraction of sp³-hybridized carbons (Fsp3) is 0.500. The van der Waals surface area contributed by atoms with E-state index in [2.05, 4.69) is 19.2 Å². The highest BCUT2D eigenvalue weighted by Gasteiger charge is 2.25. The molecule has 1 saturated heterocycles. The van der Waals surface area contributed by atoms with Gasteiger partial charge in [-0.1, -0.05) is 19.4 Å². The molecule has 0 bridgehead atoms. The first-order valence-corrected chi connectivity index (χ1v) is 7.54. The van der Waals surface area contributed by atoms with Crippen molar-refractivity contribution in [3.63, 3.8) is 0 Å². The van der Waals surface area contributed by atoms with E-state index in [9.17, 15) is 9.59 Å². The molecule has 22 heavy (non-hydrogen) atoms. The van der Waals surface area contributed by atoms with Crippen molar-refractivity contribution in [1.82, 2.24) is 15.1 Å². The van der Waals surface area contributed by atoms with Crippen molar-refractivity contribution < 1.29 is 14.0 Å². The average molecular weight is 305 g/mol. The van der Waals surface area contributed by atoms with E-state index >= 15 is 0 Å². The third-order valence-electron chi connectivity index (χ3n) is 3.92. The number of nitrogens with zero attached hydrogens (tertiary/aromatic N) is 2. The quantitative estimate of drug-likeness (QED) is 0.932. The van der Waals surface area contributed by atoms with Gasteiger partial charge in [0.15, 0.2) is 5.76 Å². The molecule has 0 aromatic carbocycles. The summed E-state index contributed by atoms with van der Waals surface area (Å²) in [6.45, 7) is 8.22. The number of carbonyl (C=O) groups excluding carboxylic acids is 2. The molecular formula is C16H23N3O3. The maximum absolute atomic E-state index is 12.1. The summed E-state index contributed by atoms with van der Waals surface area (Å²) in [7, 11) is 0. The zero-order valence-corrected chi connectivity index (χ0v) is 13.3. The number of allylic oxidation sites excluding steroid dienone is 1. The second-order valence-corrected chi connectivity index (χ2v) is 5.75. The second kappa shape index (κ2) is 7.15. The van der Waals surface area contributed by atoms with E-state index in [1.807, 2.05) is 6.92 Å². The van der Waals surface area contributed by atoms with Gasteiger partial charge in [-0.15, -0.1) is 0 Å². The van der Waals surface area contributed by atoms with Gasteiger partial charge in [0, 0.05) is 32.4 Å². The molecule has 1 aliphatic heterocycles. The summed E-state index contributed by atoms with van der Waals surface area (Å²) in [4.78, 5) is 27.6. The van der Waals surface area contributed by atoms with Crippen molar-refractivity contribution in [2.45, 2.75) is 20.8 Å². The number of carbonyl (C=O) groups is 2. The normalized spacial score (nSPS) is 16.1. The van der Waals surface area contributed by atoms with Gasteiger partial charge in [-0.3, -0.25) is 4.79 Å². The fourth-order valence-electron chi connectivity index (χ4n) is 2.10. The minimum atomic E-state index is -0.124. The molecule has 120 valence electrons. The SMILES string of the molecule is C/C(=C\NC(=O)N1CCN(C(=O)c2ccco2)CC1)C(C)C. The maximum Gasteiger partial charge on any atom is 0.321 e.